The van der Waals surface area contributed by atoms with Gasteiger partial charge in [-0.25, -0.2) is 0 Å². The fourth-order valence-corrected chi connectivity index (χ4v) is 10.4. The van der Waals surface area contributed by atoms with E-state index in [1.807, 2.05) is 0 Å². The summed E-state index contributed by atoms with van der Waals surface area (Å²) in [5, 5.41) is 9.86. The van der Waals surface area contributed by atoms with Crippen molar-refractivity contribution in [3.63, 3.8) is 0 Å². The zero-order chi connectivity index (χ0) is 42.4. The first-order valence-corrected chi connectivity index (χ1v) is 22.2. The molecule has 0 nitrogen and oxygen atoms in total. The second-order valence-electron chi connectivity index (χ2n) is 16.6. The Morgan fingerprint density at radius 1 is 0.141 bits per heavy atom. The lowest BCUT2D eigenvalue weighted by Gasteiger charge is -2.26. The highest BCUT2D eigenvalue weighted by atomic mass is 14.3. The van der Waals surface area contributed by atoms with E-state index < -0.39 is 0 Å². The Kier molecular flexibility index (Phi) is 9.28. The standard InChI is InChI=1S/C64H42/c1-5-23-43(24-6-1)47-31-13-15-33-49(47)57-41-42-58-60(46-29-11-4-12-30-46)53-37-19-22-40-56(53)63(64(58)61(57)50-34-16-14-32-48(50)44-25-7-2-8-26-44)62-54-38-20-17-35-51(54)59(45-27-9-3-10-28-45)52-36-18-21-39-55(52)62/h1-42H. The van der Waals surface area contributed by atoms with Crippen LogP contribution in [0.25, 0.3) is 121 Å². The van der Waals surface area contributed by atoms with Crippen molar-refractivity contribution in [3.05, 3.63) is 255 Å². The number of hydrogen-bond acceptors (Lipinski definition) is 0. The number of hydrogen-bond donors (Lipinski definition) is 0. The Morgan fingerprint density at radius 3 is 0.906 bits per heavy atom. The molecule has 0 saturated carbocycles. The van der Waals surface area contributed by atoms with Crippen molar-refractivity contribution in [1.82, 2.24) is 0 Å². The van der Waals surface area contributed by atoms with E-state index in [1.54, 1.807) is 0 Å². The van der Waals surface area contributed by atoms with Gasteiger partial charge in [0.15, 0.2) is 0 Å². The summed E-state index contributed by atoms with van der Waals surface area (Å²) < 4.78 is 0. The number of benzene rings is 12. The molecule has 0 radical (unpaired) electrons. The van der Waals surface area contributed by atoms with Crippen molar-refractivity contribution in [2.75, 3.05) is 0 Å². The largest absolute Gasteiger partial charge is 0.0622 e. The summed E-state index contributed by atoms with van der Waals surface area (Å²) in [6.07, 6.45) is 0. The fourth-order valence-electron chi connectivity index (χ4n) is 10.4. The average Bonchev–Trinajstić information content (AvgIpc) is 3.38. The van der Waals surface area contributed by atoms with Gasteiger partial charge >= 0.3 is 0 Å². The predicted molar refractivity (Wildman–Crippen MR) is 275 cm³/mol. The van der Waals surface area contributed by atoms with Crippen molar-refractivity contribution >= 4 is 43.1 Å². The van der Waals surface area contributed by atoms with Gasteiger partial charge in [0.05, 0.1) is 0 Å². The summed E-state index contributed by atoms with van der Waals surface area (Å²) in [6, 6.07) is 93.8. The molecule has 298 valence electrons. The van der Waals surface area contributed by atoms with Crippen LogP contribution in [0.1, 0.15) is 0 Å². The maximum atomic E-state index is 2.42. The van der Waals surface area contributed by atoms with Gasteiger partial charge < -0.3 is 0 Å². The van der Waals surface area contributed by atoms with Crippen LogP contribution in [0.15, 0.2) is 255 Å². The van der Waals surface area contributed by atoms with Crippen molar-refractivity contribution in [3.8, 4) is 77.9 Å². The first-order valence-electron chi connectivity index (χ1n) is 22.2. The average molecular weight is 811 g/mol. The van der Waals surface area contributed by atoms with Crippen LogP contribution in [-0.2, 0) is 0 Å². The predicted octanol–water partition coefficient (Wildman–Crippen LogP) is 18.0. The van der Waals surface area contributed by atoms with Crippen molar-refractivity contribution in [2.24, 2.45) is 0 Å². The van der Waals surface area contributed by atoms with Gasteiger partial charge in [0.2, 0.25) is 0 Å². The maximum absolute atomic E-state index is 2.42. The van der Waals surface area contributed by atoms with E-state index in [4.69, 9.17) is 0 Å². The lowest BCUT2D eigenvalue weighted by Crippen LogP contribution is -1.99. The molecule has 0 saturated heterocycles. The van der Waals surface area contributed by atoms with Gasteiger partial charge in [0.1, 0.15) is 0 Å². The summed E-state index contributed by atoms with van der Waals surface area (Å²) >= 11 is 0. The highest BCUT2D eigenvalue weighted by molar-refractivity contribution is 6.33. The normalized spacial score (nSPS) is 11.4. The molecule has 0 heteroatoms. The summed E-state index contributed by atoms with van der Waals surface area (Å²) in [7, 11) is 0. The van der Waals surface area contributed by atoms with E-state index in [9.17, 15) is 0 Å². The van der Waals surface area contributed by atoms with E-state index in [2.05, 4.69) is 255 Å². The summed E-state index contributed by atoms with van der Waals surface area (Å²) in [5.41, 5.74) is 17.0. The lowest BCUT2D eigenvalue weighted by atomic mass is 9.76. The molecule has 64 heavy (non-hydrogen) atoms. The van der Waals surface area contributed by atoms with E-state index in [0.29, 0.717) is 0 Å². The van der Waals surface area contributed by atoms with E-state index >= 15 is 0 Å². The van der Waals surface area contributed by atoms with Crippen LogP contribution < -0.4 is 0 Å². The van der Waals surface area contributed by atoms with Crippen LogP contribution in [-0.4, -0.2) is 0 Å². The maximum Gasteiger partial charge on any atom is -0.000719 e. The third kappa shape index (κ3) is 6.15. The Bertz CT molecular complexity index is 3620. The minimum atomic E-state index is 1.19. The van der Waals surface area contributed by atoms with Crippen molar-refractivity contribution < 1.29 is 0 Å². The zero-order valence-electron chi connectivity index (χ0n) is 35.2. The summed E-state index contributed by atoms with van der Waals surface area (Å²) in [5.74, 6) is 0. The van der Waals surface area contributed by atoms with Crippen LogP contribution in [0.4, 0.5) is 0 Å². The first-order chi connectivity index (χ1) is 31.8. The smallest absolute Gasteiger partial charge is 0.000719 e. The van der Waals surface area contributed by atoms with Crippen LogP contribution >= 0.6 is 0 Å². The van der Waals surface area contributed by atoms with Crippen molar-refractivity contribution in [2.45, 2.75) is 0 Å². The molecule has 0 amide bonds. The van der Waals surface area contributed by atoms with Gasteiger partial charge in [-0.1, -0.05) is 255 Å². The Morgan fingerprint density at radius 2 is 0.453 bits per heavy atom. The monoisotopic (exact) mass is 810 g/mol. The molecule has 0 spiro atoms. The van der Waals surface area contributed by atoms with Gasteiger partial charge in [0, 0.05) is 0 Å². The van der Waals surface area contributed by atoms with Crippen LogP contribution in [0.2, 0.25) is 0 Å². The highest BCUT2D eigenvalue weighted by Crippen LogP contribution is 2.55. The lowest BCUT2D eigenvalue weighted by molar-refractivity contribution is 1.57. The van der Waals surface area contributed by atoms with Crippen LogP contribution in [0.5, 0.6) is 0 Å². The number of fused-ring (bicyclic) bond motifs is 4. The highest BCUT2D eigenvalue weighted by Gasteiger charge is 2.27. The molecule has 0 aromatic heterocycles. The third-order valence-corrected chi connectivity index (χ3v) is 13.1. The van der Waals surface area contributed by atoms with Crippen molar-refractivity contribution in [1.29, 1.82) is 0 Å². The molecule has 0 bridgehead atoms. The summed E-state index contributed by atoms with van der Waals surface area (Å²) in [4.78, 5) is 0. The molecule has 12 rings (SSSR count). The van der Waals surface area contributed by atoms with Gasteiger partial charge in [0.25, 0.3) is 0 Å². The van der Waals surface area contributed by atoms with Gasteiger partial charge in [-0.05, 0) is 121 Å². The SMILES string of the molecule is c1ccc(-c2ccccc2-c2ccc3c(-c4ccccc4)c4ccccc4c(-c4c5ccccc5c(-c5ccccc5)c5ccccc45)c3c2-c2ccccc2-c2ccccc2)cc1. The molecule has 0 fully saturated rings. The summed E-state index contributed by atoms with van der Waals surface area (Å²) in [6.45, 7) is 0. The molecular weight excluding hydrogens is 769 g/mol. The molecule has 0 heterocycles. The minimum Gasteiger partial charge on any atom is -0.0622 e. The molecule has 0 atom stereocenters. The molecule has 0 N–H and O–H groups in total. The van der Waals surface area contributed by atoms with Gasteiger partial charge in [-0.2, -0.15) is 0 Å². The Labute approximate surface area is 374 Å². The van der Waals surface area contributed by atoms with Gasteiger partial charge in [-0.3, -0.25) is 0 Å². The van der Waals surface area contributed by atoms with E-state index in [0.717, 1.165) is 0 Å². The molecule has 0 aliphatic rings. The third-order valence-electron chi connectivity index (χ3n) is 13.1. The fraction of sp³-hybridized carbons (Fsp3) is 0. The molecular formula is C64H42. The van der Waals surface area contributed by atoms with E-state index in [1.165, 1.54) is 121 Å². The second kappa shape index (κ2) is 15.9. The topological polar surface area (TPSA) is 0 Å². The molecule has 0 unspecified atom stereocenters. The Balaban J connectivity index is 1.36. The number of rotatable bonds is 7. The molecule has 12 aromatic carbocycles. The van der Waals surface area contributed by atoms with E-state index in [-0.39, 0.29) is 0 Å². The van der Waals surface area contributed by atoms with Gasteiger partial charge in [-0.15, -0.1) is 0 Å². The second-order valence-corrected chi connectivity index (χ2v) is 16.6. The zero-order valence-corrected chi connectivity index (χ0v) is 35.2. The quantitative estimate of drug-likeness (QED) is 0.141. The first kappa shape index (κ1) is 37.4. The Hall–Kier alpha value is -8.32. The molecule has 0 aliphatic heterocycles. The van der Waals surface area contributed by atoms with Crippen LogP contribution in [0.3, 0.4) is 0 Å². The minimum absolute atomic E-state index is 1.19. The van der Waals surface area contributed by atoms with Crippen LogP contribution in [0, 0.1) is 0 Å². The molecule has 0 aliphatic carbocycles. The molecule has 12 aromatic rings.